The Morgan fingerprint density at radius 1 is 0.900 bits per heavy atom. The van der Waals surface area contributed by atoms with Crippen LogP contribution in [-0.2, 0) is 0 Å². The van der Waals surface area contributed by atoms with Crippen LogP contribution in [0.2, 0.25) is 0 Å². The fourth-order valence-electron chi connectivity index (χ4n) is 2.77. The van der Waals surface area contributed by atoms with Crippen molar-refractivity contribution in [1.29, 1.82) is 0 Å². The number of carbonyl (C=O) groups excluding carboxylic acids is 1. The first kappa shape index (κ1) is 19.1. The predicted octanol–water partition coefficient (Wildman–Crippen LogP) is 3.98. The molecule has 3 aromatic carbocycles. The summed E-state index contributed by atoms with van der Waals surface area (Å²) in [6, 6.07) is 22.0. The minimum absolute atomic E-state index is 0.135. The zero-order chi connectivity index (χ0) is 20.9. The van der Waals surface area contributed by atoms with E-state index >= 15 is 0 Å². The summed E-state index contributed by atoms with van der Waals surface area (Å²) in [7, 11) is 0. The van der Waals surface area contributed by atoms with Gasteiger partial charge >= 0.3 is 5.91 Å². The van der Waals surface area contributed by atoms with E-state index in [0.717, 1.165) is 29.6 Å². The Morgan fingerprint density at radius 3 is 2.20 bits per heavy atom. The number of halogens is 2. The van der Waals surface area contributed by atoms with Gasteiger partial charge in [-0.2, -0.15) is 5.10 Å². The van der Waals surface area contributed by atoms with E-state index in [1.54, 1.807) is 4.68 Å². The molecule has 1 N–H and O–H groups in total. The average Bonchev–Trinajstić information content (AvgIpc) is 3.23. The Kier molecular flexibility index (Phi) is 5.38. The molecule has 0 bridgehead atoms. The monoisotopic (exact) mass is 403 g/mol. The molecule has 6 nitrogen and oxygen atoms in total. The lowest BCUT2D eigenvalue weighted by atomic mass is 10.2. The molecule has 0 radical (unpaired) electrons. The van der Waals surface area contributed by atoms with Gasteiger partial charge in [-0.25, -0.2) is 23.9 Å². The van der Waals surface area contributed by atoms with E-state index in [1.807, 2.05) is 60.7 Å². The molecular formula is C22H15F2N5O. The number of hydrogen-bond donors (Lipinski definition) is 1. The van der Waals surface area contributed by atoms with Gasteiger partial charge in [0.25, 0.3) is 0 Å². The Hall–Kier alpha value is -4.20. The van der Waals surface area contributed by atoms with Crippen molar-refractivity contribution in [1.82, 2.24) is 20.2 Å². The minimum Gasteiger partial charge on any atom is -0.264 e. The van der Waals surface area contributed by atoms with Crippen molar-refractivity contribution in [2.24, 2.45) is 5.10 Å². The van der Waals surface area contributed by atoms with Crippen molar-refractivity contribution in [2.75, 3.05) is 0 Å². The van der Waals surface area contributed by atoms with Crippen LogP contribution in [0.15, 0.2) is 84.0 Å². The molecule has 0 aliphatic carbocycles. The van der Waals surface area contributed by atoms with Crippen LogP contribution in [0.1, 0.15) is 16.2 Å². The number of nitrogens with one attached hydrogen (secondary N) is 1. The molecule has 8 heteroatoms. The number of nitrogens with zero attached hydrogens (tertiary/aromatic N) is 4. The maximum atomic E-state index is 13.7. The van der Waals surface area contributed by atoms with Crippen molar-refractivity contribution in [3.05, 3.63) is 102 Å². The Bertz CT molecular complexity index is 1130. The smallest absolute Gasteiger partial charge is 0.264 e. The van der Waals surface area contributed by atoms with Gasteiger partial charge in [-0.15, -0.1) is 5.10 Å². The lowest BCUT2D eigenvalue weighted by molar-refractivity contribution is 0.0945. The van der Waals surface area contributed by atoms with E-state index in [1.165, 1.54) is 6.07 Å². The fraction of sp³-hybridized carbons (Fsp3) is 0. The van der Waals surface area contributed by atoms with E-state index in [0.29, 0.717) is 5.82 Å². The molecule has 0 aliphatic rings. The summed E-state index contributed by atoms with van der Waals surface area (Å²) in [5, 5.41) is 7.92. The van der Waals surface area contributed by atoms with Crippen LogP contribution in [-0.4, -0.2) is 26.9 Å². The number of aromatic nitrogens is 3. The summed E-state index contributed by atoms with van der Waals surface area (Å²) in [6.45, 7) is 0. The Morgan fingerprint density at radius 2 is 1.53 bits per heavy atom. The van der Waals surface area contributed by atoms with Crippen molar-refractivity contribution >= 4 is 12.1 Å². The number of para-hydroxylation sites is 1. The summed E-state index contributed by atoms with van der Waals surface area (Å²) in [5.41, 5.74) is 3.34. The summed E-state index contributed by atoms with van der Waals surface area (Å²) >= 11 is 0. The second kappa shape index (κ2) is 8.44. The molecule has 0 unspecified atom stereocenters. The molecular weight excluding hydrogens is 388 g/mol. The molecule has 0 saturated carbocycles. The van der Waals surface area contributed by atoms with Crippen LogP contribution in [0.5, 0.6) is 0 Å². The van der Waals surface area contributed by atoms with Crippen molar-refractivity contribution in [2.45, 2.75) is 0 Å². The van der Waals surface area contributed by atoms with Gasteiger partial charge in [0.15, 0.2) is 5.82 Å². The van der Waals surface area contributed by atoms with Crippen LogP contribution >= 0.6 is 0 Å². The summed E-state index contributed by atoms with van der Waals surface area (Å²) in [4.78, 5) is 16.8. The molecule has 1 aromatic heterocycles. The topological polar surface area (TPSA) is 72.2 Å². The predicted molar refractivity (Wildman–Crippen MR) is 108 cm³/mol. The summed E-state index contributed by atoms with van der Waals surface area (Å²) < 4.78 is 28.9. The first-order valence-electron chi connectivity index (χ1n) is 8.99. The highest BCUT2D eigenvalue weighted by Crippen LogP contribution is 2.21. The molecule has 0 spiro atoms. The lowest BCUT2D eigenvalue weighted by Gasteiger charge is -2.05. The second-order valence-electron chi connectivity index (χ2n) is 6.21. The molecule has 0 atom stereocenters. The number of amides is 1. The molecule has 0 saturated heterocycles. The van der Waals surface area contributed by atoms with Gasteiger partial charge in [0.05, 0.1) is 17.5 Å². The maximum absolute atomic E-state index is 13.7. The van der Waals surface area contributed by atoms with E-state index in [-0.39, 0.29) is 11.4 Å². The molecule has 148 valence electrons. The third-order valence-electron chi connectivity index (χ3n) is 4.20. The normalized spacial score (nSPS) is 11.0. The molecule has 4 aromatic rings. The van der Waals surface area contributed by atoms with Crippen LogP contribution < -0.4 is 5.43 Å². The molecule has 0 aliphatic heterocycles. The molecule has 1 heterocycles. The number of benzene rings is 3. The van der Waals surface area contributed by atoms with Crippen LogP contribution in [0.25, 0.3) is 17.1 Å². The van der Waals surface area contributed by atoms with Crippen LogP contribution in [0.4, 0.5) is 8.78 Å². The van der Waals surface area contributed by atoms with Gasteiger partial charge in [-0.1, -0.05) is 54.6 Å². The highest BCUT2D eigenvalue weighted by atomic mass is 19.1. The number of hydrazone groups is 1. The van der Waals surface area contributed by atoms with Gasteiger partial charge in [0, 0.05) is 5.56 Å². The average molecular weight is 403 g/mol. The Balaban J connectivity index is 1.64. The van der Waals surface area contributed by atoms with E-state index < -0.39 is 17.5 Å². The van der Waals surface area contributed by atoms with Gasteiger partial charge in [-0.05, 0) is 24.3 Å². The minimum atomic E-state index is -0.786. The van der Waals surface area contributed by atoms with E-state index in [2.05, 4.69) is 20.6 Å². The molecule has 1 amide bonds. The van der Waals surface area contributed by atoms with Gasteiger partial charge < -0.3 is 0 Å². The fourth-order valence-corrected chi connectivity index (χ4v) is 2.77. The zero-order valence-electron chi connectivity index (χ0n) is 15.5. The van der Waals surface area contributed by atoms with Gasteiger partial charge in [0.1, 0.15) is 11.6 Å². The van der Waals surface area contributed by atoms with Crippen molar-refractivity contribution in [3.63, 3.8) is 0 Å². The third-order valence-corrected chi connectivity index (χ3v) is 4.20. The largest absolute Gasteiger partial charge is 0.311 e. The SMILES string of the molecule is O=C(N/N=C/c1c(F)cccc1F)c1nc(-c2ccccc2)n(-c2ccccc2)n1. The summed E-state index contributed by atoms with van der Waals surface area (Å²) in [5.74, 6) is -1.95. The lowest BCUT2D eigenvalue weighted by Crippen LogP contribution is -2.19. The van der Waals surface area contributed by atoms with E-state index in [4.69, 9.17) is 0 Å². The highest BCUT2D eigenvalue weighted by molar-refractivity contribution is 5.92. The first-order valence-corrected chi connectivity index (χ1v) is 8.99. The zero-order valence-corrected chi connectivity index (χ0v) is 15.5. The summed E-state index contributed by atoms with van der Waals surface area (Å²) in [6.07, 6.45) is 0.898. The quantitative estimate of drug-likeness (QED) is 0.405. The second-order valence-corrected chi connectivity index (χ2v) is 6.21. The van der Waals surface area contributed by atoms with Gasteiger partial charge in [-0.3, -0.25) is 4.79 Å². The van der Waals surface area contributed by atoms with Crippen molar-refractivity contribution < 1.29 is 13.6 Å². The first-order chi connectivity index (χ1) is 14.6. The molecule has 0 fully saturated rings. The number of rotatable bonds is 5. The van der Waals surface area contributed by atoms with Crippen molar-refractivity contribution in [3.8, 4) is 17.1 Å². The highest BCUT2D eigenvalue weighted by Gasteiger charge is 2.18. The third kappa shape index (κ3) is 3.97. The molecule has 30 heavy (non-hydrogen) atoms. The number of hydrogen-bond acceptors (Lipinski definition) is 4. The molecule has 4 rings (SSSR count). The Labute approximate surface area is 170 Å². The maximum Gasteiger partial charge on any atom is 0.311 e. The van der Waals surface area contributed by atoms with Crippen LogP contribution in [0, 0.1) is 11.6 Å². The van der Waals surface area contributed by atoms with E-state index in [9.17, 15) is 13.6 Å². The standard InChI is InChI=1S/C22H15F2N5O/c23-18-12-7-13-19(24)17(18)14-25-27-22(30)20-26-21(15-8-3-1-4-9-15)29(28-20)16-10-5-2-6-11-16/h1-14H,(H,27,30)/b25-14+. The van der Waals surface area contributed by atoms with Crippen LogP contribution in [0.3, 0.4) is 0 Å². The number of carbonyl (C=O) groups is 1. The van der Waals surface area contributed by atoms with Gasteiger partial charge in [0.2, 0.25) is 5.82 Å².